The largest absolute Gasteiger partial charge is 0.481 e. The number of hydrogen-bond donors (Lipinski definition) is 6. The SMILES string of the molecule is CC[C@H](O)/C=C/C=C\C/C=C\C/C=C\C/C=C\CCCC(=O)OC[C@H](COP(=O)(O)OP(=O)(O)OC[C@H]1O[C@@H](n2ccc(N)nc2=O)[C@H](O)[C@@H]1O)OC(=O)CCCCCCCCCCCCCCCC(C)C. The van der Waals surface area contributed by atoms with Gasteiger partial charge in [0.05, 0.1) is 19.3 Å². The summed E-state index contributed by atoms with van der Waals surface area (Å²) >= 11 is 0. The molecule has 2 rings (SSSR count). The zero-order chi connectivity index (χ0) is 53.0. The molecule has 2 heterocycles. The number of nitrogens with two attached hydrogens (primary N) is 1. The van der Waals surface area contributed by atoms with E-state index in [-0.39, 0.29) is 18.7 Å². The van der Waals surface area contributed by atoms with Gasteiger partial charge in [-0.05, 0) is 56.9 Å². The van der Waals surface area contributed by atoms with Crippen LogP contribution in [0.4, 0.5) is 5.82 Å². The van der Waals surface area contributed by atoms with Crippen molar-refractivity contribution in [1.82, 2.24) is 9.55 Å². The Morgan fingerprint density at radius 3 is 1.92 bits per heavy atom. The lowest BCUT2D eigenvalue weighted by Crippen LogP contribution is -2.36. The van der Waals surface area contributed by atoms with Gasteiger partial charge in [-0.15, -0.1) is 0 Å². The van der Waals surface area contributed by atoms with Crippen molar-refractivity contribution in [2.45, 2.75) is 199 Å². The van der Waals surface area contributed by atoms with Crippen molar-refractivity contribution >= 4 is 33.4 Å². The number of esters is 2. The number of rotatable bonds is 41. The van der Waals surface area contributed by atoms with Gasteiger partial charge in [0.2, 0.25) is 0 Å². The number of aromatic nitrogens is 2. The van der Waals surface area contributed by atoms with Crippen LogP contribution in [0.1, 0.15) is 168 Å². The summed E-state index contributed by atoms with van der Waals surface area (Å²) in [6.45, 7) is 4.08. The van der Waals surface area contributed by atoms with E-state index in [4.69, 9.17) is 29.0 Å². The van der Waals surface area contributed by atoms with Gasteiger partial charge in [0.15, 0.2) is 12.3 Å². The lowest BCUT2D eigenvalue weighted by atomic mass is 10.0. The molecule has 0 radical (unpaired) electrons. The van der Waals surface area contributed by atoms with Crippen LogP contribution in [-0.4, -0.2) is 96.9 Å². The van der Waals surface area contributed by atoms with Gasteiger partial charge in [-0.25, -0.2) is 13.9 Å². The predicted octanol–water partition coefficient (Wildman–Crippen LogP) is 9.55. The van der Waals surface area contributed by atoms with E-state index in [0.717, 1.165) is 61.6 Å². The second-order valence-electron chi connectivity index (χ2n) is 18.3. The third-order valence-electron chi connectivity index (χ3n) is 11.5. The summed E-state index contributed by atoms with van der Waals surface area (Å²) < 4.78 is 56.7. The number of carbonyl (C=O) groups is 2. The molecule has 8 atom stereocenters. The molecule has 1 aromatic rings. The summed E-state index contributed by atoms with van der Waals surface area (Å²) in [5, 5.41) is 30.4. The van der Waals surface area contributed by atoms with Gasteiger partial charge in [-0.2, -0.15) is 9.29 Å². The maximum atomic E-state index is 12.9. The number of aliphatic hydroxyl groups excluding tert-OH is 3. The average molecular weight is 1060 g/mol. The van der Waals surface area contributed by atoms with E-state index in [0.29, 0.717) is 25.7 Å². The van der Waals surface area contributed by atoms with E-state index in [1.54, 1.807) is 6.08 Å². The molecule has 0 aliphatic carbocycles. The molecular formula is C51H85N3O16P2. The van der Waals surface area contributed by atoms with Gasteiger partial charge < -0.3 is 45.1 Å². The molecule has 1 aliphatic heterocycles. The highest BCUT2D eigenvalue weighted by atomic mass is 31.3. The fraction of sp³-hybridized carbons (Fsp3) is 0.686. The zero-order valence-corrected chi connectivity index (χ0v) is 44.5. The first kappa shape index (κ1) is 64.5. The normalized spacial score (nSPS) is 20.1. The smallest absolute Gasteiger partial charge is 0.462 e. The van der Waals surface area contributed by atoms with Crippen LogP contribution in [-0.2, 0) is 46.3 Å². The molecule has 1 aromatic heterocycles. The topological polar surface area (TPSA) is 286 Å². The predicted molar refractivity (Wildman–Crippen MR) is 276 cm³/mol. The van der Waals surface area contributed by atoms with Crippen LogP contribution >= 0.6 is 15.6 Å². The van der Waals surface area contributed by atoms with E-state index in [2.05, 4.69) is 41.4 Å². The third-order valence-corrected chi connectivity index (χ3v) is 14.1. The Labute approximate surface area is 426 Å². The minimum Gasteiger partial charge on any atom is -0.462 e. The number of aliphatic hydroxyl groups is 3. The van der Waals surface area contributed by atoms with E-state index in [1.807, 2.05) is 43.4 Å². The minimum atomic E-state index is -5.44. The number of nitrogens with zero attached hydrogens (tertiary/aromatic N) is 2. The minimum absolute atomic E-state index is 0.0306. The van der Waals surface area contributed by atoms with Crippen LogP contribution < -0.4 is 11.4 Å². The Hall–Kier alpha value is -3.58. The first-order chi connectivity index (χ1) is 34.4. The van der Waals surface area contributed by atoms with Crippen LogP contribution in [0.5, 0.6) is 0 Å². The van der Waals surface area contributed by atoms with Crippen molar-refractivity contribution in [3.8, 4) is 0 Å². The second kappa shape index (κ2) is 38.0. The molecular weight excluding hydrogens is 973 g/mol. The summed E-state index contributed by atoms with van der Waals surface area (Å²) in [5.41, 5.74) is 4.58. The van der Waals surface area contributed by atoms with Crippen LogP contribution in [0, 0.1) is 5.92 Å². The van der Waals surface area contributed by atoms with Crippen molar-refractivity contribution in [2.75, 3.05) is 25.6 Å². The number of anilines is 1. The summed E-state index contributed by atoms with van der Waals surface area (Å²) in [5.74, 6) is -0.611. The lowest BCUT2D eigenvalue weighted by molar-refractivity contribution is -0.161. The summed E-state index contributed by atoms with van der Waals surface area (Å²) in [6, 6.07) is 1.24. The number of unbranched alkanes of at least 4 members (excludes halogenated alkanes) is 13. The highest BCUT2D eigenvalue weighted by Gasteiger charge is 2.46. The van der Waals surface area contributed by atoms with Gasteiger partial charge in [-0.1, -0.05) is 165 Å². The first-order valence-electron chi connectivity index (χ1n) is 25.8. The molecule has 19 nitrogen and oxygen atoms in total. The summed E-state index contributed by atoms with van der Waals surface area (Å²) in [7, 11) is -10.9. The lowest BCUT2D eigenvalue weighted by Gasteiger charge is -2.21. The quantitative estimate of drug-likeness (QED) is 0.0117. The molecule has 410 valence electrons. The molecule has 0 spiro atoms. The van der Waals surface area contributed by atoms with Crippen molar-refractivity contribution in [1.29, 1.82) is 0 Å². The summed E-state index contributed by atoms with van der Waals surface area (Å²) in [4.78, 5) is 61.9. The van der Waals surface area contributed by atoms with Crippen molar-refractivity contribution in [3.63, 3.8) is 0 Å². The number of ether oxygens (including phenoxy) is 3. The Kier molecular flexibility index (Phi) is 34.1. The molecule has 0 aromatic carbocycles. The molecule has 0 saturated carbocycles. The zero-order valence-electron chi connectivity index (χ0n) is 42.7. The molecule has 1 aliphatic rings. The highest BCUT2D eigenvalue weighted by molar-refractivity contribution is 7.61. The van der Waals surface area contributed by atoms with Crippen molar-refractivity contribution in [2.24, 2.45) is 5.92 Å². The van der Waals surface area contributed by atoms with Crippen LogP contribution in [0.15, 0.2) is 77.8 Å². The van der Waals surface area contributed by atoms with Crippen LogP contribution in [0.2, 0.25) is 0 Å². The number of phosphoric ester groups is 2. The molecule has 1 fully saturated rings. The van der Waals surface area contributed by atoms with E-state index >= 15 is 0 Å². The maximum absolute atomic E-state index is 12.9. The van der Waals surface area contributed by atoms with Crippen molar-refractivity contribution < 1.29 is 71.4 Å². The van der Waals surface area contributed by atoms with Crippen molar-refractivity contribution in [3.05, 3.63) is 83.5 Å². The van der Waals surface area contributed by atoms with Crippen LogP contribution in [0.25, 0.3) is 0 Å². The number of allylic oxidation sites excluding steroid dienone is 9. The first-order valence-corrected chi connectivity index (χ1v) is 28.8. The van der Waals surface area contributed by atoms with Gasteiger partial charge >= 0.3 is 33.3 Å². The fourth-order valence-corrected chi connectivity index (χ4v) is 9.42. The van der Waals surface area contributed by atoms with Gasteiger partial charge in [0.25, 0.3) is 0 Å². The molecule has 0 amide bonds. The number of hydrogen-bond acceptors (Lipinski definition) is 16. The monoisotopic (exact) mass is 1060 g/mol. The Morgan fingerprint density at radius 1 is 0.764 bits per heavy atom. The van der Waals surface area contributed by atoms with Gasteiger partial charge in [0.1, 0.15) is 30.7 Å². The maximum Gasteiger partial charge on any atom is 0.481 e. The number of nitrogen functional groups attached to an aromatic ring is 1. The number of phosphoric acid groups is 2. The molecule has 21 heteroatoms. The molecule has 72 heavy (non-hydrogen) atoms. The van der Waals surface area contributed by atoms with Crippen LogP contribution in [0.3, 0.4) is 0 Å². The Bertz CT molecular complexity index is 1970. The molecule has 2 unspecified atom stereocenters. The van der Waals surface area contributed by atoms with E-state index in [1.165, 1.54) is 63.9 Å². The average Bonchev–Trinajstić information content (AvgIpc) is 3.60. The third kappa shape index (κ3) is 31.2. The fourth-order valence-electron chi connectivity index (χ4n) is 7.31. The van der Waals surface area contributed by atoms with E-state index in [9.17, 15) is 48.6 Å². The Balaban J connectivity index is 1.82. The second-order valence-corrected chi connectivity index (χ2v) is 21.4. The number of carbonyl (C=O) groups excluding carboxylic acids is 2. The molecule has 1 saturated heterocycles. The molecule has 0 bridgehead atoms. The Morgan fingerprint density at radius 2 is 1.32 bits per heavy atom. The van der Waals surface area contributed by atoms with Gasteiger partial charge in [0, 0.05) is 19.0 Å². The van der Waals surface area contributed by atoms with Gasteiger partial charge in [-0.3, -0.25) is 23.2 Å². The standard InChI is InChI=1S/C51H85N3O16P2/c1-4-42(55)33-29-25-21-17-13-9-5-6-10-14-18-22-26-30-34-46(56)65-38-43(68-47(57)35-31-27-23-19-15-11-7-8-12-16-20-24-28-32-41(2)3)39-66-71(61,62)70-72(63,64)67-40-44-48(58)49(59)50(69-44)54-37-36-45(52)53-51(54)60/h6,9-10,13,18,21-22,25,29,33,36-37,41-44,48-50,55,58-59H,4-5,7-8,11-12,14-17,19-20,23-24,26-28,30-32,34-35,38-40H2,1-3H3,(H,61,62)(H,63,64)(H2,52,53,60)/b10-6-,13-9-,22-18-,25-21-,33-29+/t42-,43+,44+,48+,49+,50+/m0/s1. The van der Waals surface area contributed by atoms with E-state index < -0.39 is 89.8 Å². The molecule has 7 N–H and O–H groups in total. The highest BCUT2D eigenvalue weighted by Crippen LogP contribution is 2.60. The summed E-state index contributed by atoms with van der Waals surface area (Å²) in [6.07, 6.45) is 32.6.